The third-order valence-corrected chi connectivity index (χ3v) is 5.74. The predicted octanol–water partition coefficient (Wildman–Crippen LogP) is 3.83. The molecule has 0 unspecified atom stereocenters. The molecule has 1 rings (SSSR count). The van der Waals surface area contributed by atoms with Crippen LogP contribution in [0, 0.1) is 5.92 Å². The summed E-state index contributed by atoms with van der Waals surface area (Å²) in [5.74, 6) is 0.106. The third kappa shape index (κ3) is 6.86. The lowest BCUT2D eigenvalue weighted by molar-refractivity contribution is -0.122. The van der Waals surface area contributed by atoms with Gasteiger partial charge in [-0.05, 0) is 37.5 Å². The summed E-state index contributed by atoms with van der Waals surface area (Å²) in [6.07, 6.45) is 5.39. The molecule has 0 spiro atoms. The predicted molar refractivity (Wildman–Crippen MR) is 105 cm³/mol. The maximum Gasteiger partial charge on any atom is 0.243 e. The fourth-order valence-electron chi connectivity index (χ4n) is 2.76. The second-order valence-corrected chi connectivity index (χ2v) is 8.67. The highest BCUT2D eigenvalue weighted by molar-refractivity contribution is 7.92. The van der Waals surface area contributed by atoms with Crippen molar-refractivity contribution in [1.82, 2.24) is 5.32 Å². The molecule has 7 heteroatoms. The van der Waals surface area contributed by atoms with Gasteiger partial charge in [0.15, 0.2) is 0 Å². The smallest absolute Gasteiger partial charge is 0.243 e. The molecule has 0 saturated heterocycles. The highest BCUT2D eigenvalue weighted by Gasteiger charge is 2.29. The zero-order valence-electron chi connectivity index (χ0n) is 15.5. The first-order valence-corrected chi connectivity index (χ1v) is 11.0. The summed E-state index contributed by atoms with van der Waals surface area (Å²) in [5, 5.41) is 3.32. The van der Waals surface area contributed by atoms with Crippen LogP contribution < -0.4 is 9.62 Å². The number of benzene rings is 1. The zero-order chi connectivity index (χ0) is 19.0. The van der Waals surface area contributed by atoms with Gasteiger partial charge in [0, 0.05) is 11.6 Å². The first kappa shape index (κ1) is 21.8. The van der Waals surface area contributed by atoms with Gasteiger partial charge in [-0.25, -0.2) is 8.42 Å². The molecule has 0 aliphatic heterocycles. The van der Waals surface area contributed by atoms with Crippen LogP contribution in [0.2, 0.25) is 5.02 Å². The molecule has 0 saturated carbocycles. The number of hydrogen-bond donors (Lipinski definition) is 1. The molecule has 25 heavy (non-hydrogen) atoms. The Labute approximate surface area is 156 Å². The van der Waals surface area contributed by atoms with Crippen LogP contribution in [-0.4, -0.2) is 33.2 Å². The van der Waals surface area contributed by atoms with E-state index in [1.165, 1.54) is 0 Å². The van der Waals surface area contributed by atoms with E-state index < -0.39 is 16.1 Å². The van der Waals surface area contributed by atoms with Crippen LogP contribution in [0.1, 0.15) is 46.5 Å². The Bertz CT molecular complexity index is 664. The fraction of sp³-hybridized carbons (Fsp3) is 0.611. The van der Waals surface area contributed by atoms with E-state index in [0.29, 0.717) is 23.2 Å². The quantitative estimate of drug-likeness (QED) is 0.662. The first-order valence-electron chi connectivity index (χ1n) is 8.73. The summed E-state index contributed by atoms with van der Waals surface area (Å²) >= 11 is 5.97. The Kier molecular flexibility index (Phi) is 8.73. The van der Waals surface area contributed by atoms with Gasteiger partial charge in [0.2, 0.25) is 15.9 Å². The van der Waals surface area contributed by atoms with Crippen molar-refractivity contribution in [3.8, 4) is 0 Å². The van der Waals surface area contributed by atoms with Gasteiger partial charge in [-0.2, -0.15) is 0 Å². The van der Waals surface area contributed by atoms with Crippen LogP contribution in [0.25, 0.3) is 0 Å². The van der Waals surface area contributed by atoms with Crippen LogP contribution in [-0.2, 0) is 14.8 Å². The molecule has 0 radical (unpaired) electrons. The molecular formula is C18H29ClN2O3S. The van der Waals surface area contributed by atoms with E-state index in [2.05, 4.69) is 19.2 Å². The Morgan fingerprint density at radius 1 is 1.32 bits per heavy atom. The van der Waals surface area contributed by atoms with Crippen molar-refractivity contribution in [2.75, 3.05) is 17.1 Å². The topological polar surface area (TPSA) is 66.5 Å². The maximum atomic E-state index is 12.5. The lowest BCUT2D eigenvalue weighted by atomic mass is 9.99. The van der Waals surface area contributed by atoms with Crippen molar-refractivity contribution >= 4 is 33.2 Å². The highest BCUT2D eigenvalue weighted by atomic mass is 35.5. The molecule has 0 aromatic heterocycles. The number of sulfonamides is 1. The summed E-state index contributed by atoms with van der Waals surface area (Å²) in [4.78, 5) is 12.5. The second kappa shape index (κ2) is 10.0. The Morgan fingerprint density at radius 2 is 2.00 bits per heavy atom. The second-order valence-electron chi connectivity index (χ2n) is 6.38. The molecule has 2 atom stereocenters. The van der Waals surface area contributed by atoms with Crippen molar-refractivity contribution in [1.29, 1.82) is 0 Å². The van der Waals surface area contributed by atoms with E-state index in [1.54, 1.807) is 31.2 Å². The van der Waals surface area contributed by atoms with Crippen molar-refractivity contribution in [2.24, 2.45) is 5.92 Å². The van der Waals surface area contributed by atoms with E-state index in [0.717, 1.165) is 36.2 Å². The molecule has 1 N–H and O–H groups in total. The molecule has 0 aliphatic rings. The van der Waals surface area contributed by atoms with Gasteiger partial charge in [-0.3, -0.25) is 9.10 Å². The minimum atomic E-state index is -3.62. The number of nitrogens with one attached hydrogen (secondary N) is 1. The van der Waals surface area contributed by atoms with E-state index in [-0.39, 0.29) is 5.91 Å². The highest BCUT2D eigenvalue weighted by Crippen LogP contribution is 2.24. The maximum absolute atomic E-state index is 12.5. The van der Waals surface area contributed by atoms with Crippen LogP contribution in [0.4, 0.5) is 5.69 Å². The molecule has 0 bridgehead atoms. The van der Waals surface area contributed by atoms with Gasteiger partial charge in [-0.15, -0.1) is 0 Å². The number of hydrogen-bond acceptors (Lipinski definition) is 3. The number of carbonyl (C=O) groups excluding carboxylic acids is 1. The summed E-state index contributed by atoms with van der Waals surface area (Å²) in [6, 6.07) is 5.65. The van der Waals surface area contributed by atoms with Crippen LogP contribution >= 0.6 is 11.6 Å². The third-order valence-electron chi connectivity index (χ3n) is 4.26. The molecule has 0 heterocycles. The Morgan fingerprint density at radius 3 is 2.52 bits per heavy atom. The average molecular weight is 389 g/mol. The molecule has 1 aromatic carbocycles. The number of rotatable bonds is 10. The Balaban J connectivity index is 2.88. The van der Waals surface area contributed by atoms with E-state index in [9.17, 15) is 13.2 Å². The summed E-state index contributed by atoms with van der Waals surface area (Å²) in [6.45, 7) is 6.39. The fourth-order valence-corrected chi connectivity index (χ4v) is 4.11. The normalized spacial score (nSPS) is 14.0. The molecule has 0 fully saturated rings. The van der Waals surface area contributed by atoms with Crippen molar-refractivity contribution in [2.45, 2.75) is 52.5 Å². The lowest BCUT2D eigenvalue weighted by Crippen LogP contribution is -2.48. The van der Waals surface area contributed by atoms with E-state index >= 15 is 0 Å². The van der Waals surface area contributed by atoms with Crippen molar-refractivity contribution in [3.63, 3.8) is 0 Å². The minimum Gasteiger partial charge on any atom is -0.354 e. The van der Waals surface area contributed by atoms with Crippen LogP contribution in [0.15, 0.2) is 24.3 Å². The molecule has 0 aliphatic carbocycles. The van der Waals surface area contributed by atoms with Crippen LogP contribution in [0.5, 0.6) is 0 Å². The number of anilines is 1. The van der Waals surface area contributed by atoms with Crippen molar-refractivity contribution in [3.05, 3.63) is 29.3 Å². The number of amides is 1. The molecule has 5 nitrogen and oxygen atoms in total. The molecule has 1 amide bonds. The monoisotopic (exact) mass is 388 g/mol. The summed E-state index contributed by atoms with van der Waals surface area (Å²) in [7, 11) is -3.62. The van der Waals surface area contributed by atoms with Gasteiger partial charge < -0.3 is 5.32 Å². The van der Waals surface area contributed by atoms with Gasteiger partial charge in [0.05, 0.1) is 11.9 Å². The van der Waals surface area contributed by atoms with E-state index in [1.807, 2.05) is 0 Å². The summed E-state index contributed by atoms with van der Waals surface area (Å²) < 4.78 is 25.6. The van der Waals surface area contributed by atoms with Gasteiger partial charge in [0.1, 0.15) is 6.04 Å². The average Bonchev–Trinajstić information content (AvgIpc) is 2.53. The van der Waals surface area contributed by atoms with E-state index in [4.69, 9.17) is 11.6 Å². The lowest BCUT2D eigenvalue weighted by Gasteiger charge is -2.29. The van der Waals surface area contributed by atoms with Crippen molar-refractivity contribution < 1.29 is 13.2 Å². The SMILES string of the molecule is CCCC[C@@H](CC)CNC(=O)[C@@H](C)N(c1cccc(Cl)c1)S(C)(=O)=O. The largest absolute Gasteiger partial charge is 0.354 e. The standard InChI is InChI=1S/C18H29ClN2O3S/c1-5-7-9-15(6-2)13-20-18(22)14(3)21(25(4,23)24)17-11-8-10-16(19)12-17/h8,10-12,14-15H,5-7,9,13H2,1-4H3,(H,20,22)/t14-,15-/m1/s1. The van der Waals surface area contributed by atoms with Crippen LogP contribution in [0.3, 0.4) is 0 Å². The minimum absolute atomic E-state index is 0.305. The summed E-state index contributed by atoms with van der Waals surface area (Å²) in [5.41, 5.74) is 0.385. The van der Waals surface area contributed by atoms with Gasteiger partial charge >= 0.3 is 0 Å². The molecular weight excluding hydrogens is 360 g/mol. The number of carbonyl (C=O) groups is 1. The molecule has 142 valence electrons. The number of nitrogens with zero attached hydrogens (tertiary/aromatic N) is 1. The molecule has 1 aromatic rings. The number of unbranched alkanes of at least 4 members (excludes halogenated alkanes) is 1. The first-order chi connectivity index (χ1) is 11.7. The Hall–Kier alpha value is -1.27. The van der Waals surface area contributed by atoms with Gasteiger partial charge in [-0.1, -0.05) is 50.8 Å². The number of halogens is 1. The van der Waals surface area contributed by atoms with Gasteiger partial charge in [0.25, 0.3) is 0 Å². The zero-order valence-corrected chi connectivity index (χ0v) is 17.0.